The predicted molar refractivity (Wildman–Crippen MR) is 99.2 cm³/mol. The highest BCUT2D eigenvalue weighted by molar-refractivity contribution is 5.85. The number of nitrogens with zero attached hydrogens (tertiary/aromatic N) is 2. The van der Waals surface area contributed by atoms with Gasteiger partial charge < -0.3 is 10.2 Å². The molecule has 2 saturated heterocycles. The third-order valence-corrected chi connectivity index (χ3v) is 5.74. The zero-order valence-electron chi connectivity index (χ0n) is 15.2. The van der Waals surface area contributed by atoms with Crippen molar-refractivity contribution in [2.75, 3.05) is 33.2 Å². The minimum Gasteiger partial charge on any atom is -0.338 e. The molecule has 2 atom stereocenters. The van der Waals surface area contributed by atoms with Gasteiger partial charge in [-0.1, -0.05) is 6.92 Å². The number of hydrogen-bond acceptors (Lipinski definition) is 3. The minimum atomic E-state index is 0. The Morgan fingerprint density at radius 3 is 2.48 bits per heavy atom. The van der Waals surface area contributed by atoms with Crippen LogP contribution >= 0.6 is 12.4 Å². The van der Waals surface area contributed by atoms with Crippen molar-refractivity contribution in [3.05, 3.63) is 0 Å². The Hall–Kier alpha value is -0.320. The number of carbonyl (C=O) groups excluding carboxylic acids is 1. The number of piperidine rings is 2. The van der Waals surface area contributed by atoms with E-state index in [-0.39, 0.29) is 18.4 Å². The summed E-state index contributed by atoms with van der Waals surface area (Å²) >= 11 is 0. The van der Waals surface area contributed by atoms with Crippen molar-refractivity contribution in [3.63, 3.8) is 0 Å². The van der Waals surface area contributed by atoms with E-state index in [4.69, 9.17) is 0 Å². The number of halogens is 1. The largest absolute Gasteiger partial charge is 0.338 e. The third-order valence-electron chi connectivity index (χ3n) is 5.74. The molecule has 2 heterocycles. The molecular formula is C18H36ClN3O. The minimum absolute atomic E-state index is 0. The molecule has 2 rings (SSSR count). The molecule has 2 aliphatic heterocycles. The van der Waals surface area contributed by atoms with Gasteiger partial charge in [0.1, 0.15) is 0 Å². The molecule has 5 heteroatoms. The Morgan fingerprint density at radius 2 is 1.87 bits per heavy atom. The molecule has 2 fully saturated rings. The first-order valence-electron chi connectivity index (χ1n) is 9.36. The van der Waals surface area contributed by atoms with Gasteiger partial charge in [-0.3, -0.25) is 9.69 Å². The van der Waals surface area contributed by atoms with Crippen LogP contribution in [0.5, 0.6) is 0 Å². The highest BCUT2D eigenvalue weighted by Gasteiger charge is 2.32. The van der Waals surface area contributed by atoms with Crippen molar-refractivity contribution in [2.45, 2.75) is 70.9 Å². The van der Waals surface area contributed by atoms with Gasteiger partial charge in [0, 0.05) is 12.6 Å². The van der Waals surface area contributed by atoms with Gasteiger partial charge in [-0.25, -0.2) is 0 Å². The normalized spacial score (nSPS) is 25.0. The smallest absolute Gasteiger partial charge is 0.239 e. The van der Waals surface area contributed by atoms with Gasteiger partial charge >= 0.3 is 0 Å². The lowest BCUT2D eigenvalue weighted by molar-refractivity contribution is -0.140. The average Bonchev–Trinajstić information content (AvgIpc) is 2.59. The molecule has 0 aromatic carbocycles. The van der Waals surface area contributed by atoms with Crippen LogP contribution in [0.1, 0.15) is 58.8 Å². The van der Waals surface area contributed by atoms with E-state index >= 15 is 0 Å². The van der Waals surface area contributed by atoms with Crippen LogP contribution < -0.4 is 5.32 Å². The first kappa shape index (κ1) is 20.7. The Labute approximate surface area is 148 Å². The summed E-state index contributed by atoms with van der Waals surface area (Å²) in [6, 6.07) is 0.550. The summed E-state index contributed by atoms with van der Waals surface area (Å²) in [7, 11) is 2.03. The second-order valence-electron chi connectivity index (χ2n) is 7.14. The van der Waals surface area contributed by atoms with Crippen molar-refractivity contribution < 1.29 is 4.79 Å². The number of nitrogens with one attached hydrogen (secondary N) is 1. The molecule has 136 valence electrons. The summed E-state index contributed by atoms with van der Waals surface area (Å²) in [5, 5.41) is 3.25. The summed E-state index contributed by atoms with van der Waals surface area (Å²) in [4.78, 5) is 17.5. The number of carbonyl (C=O) groups is 1. The van der Waals surface area contributed by atoms with E-state index in [0.717, 1.165) is 38.5 Å². The standard InChI is InChI=1S/C18H35N3O.ClH/c1-4-17-7-5-6-12-21(17)18(22)15(2)20-13-9-16(10-14-20)8-11-19-3;/h15-17,19H,4-14H2,1-3H3;1H. The highest BCUT2D eigenvalue weighted by Crippen LogP contribution is 2.25. The van der Waals surface area contributed by atoms with Crippen LogP contribution in [0, 0.1) is 5.92 Å². The van der Waals surface area contributed by atoms with Crippen LogP contribution in [0.25, 0.3) is 0 Å². The van der Waals surface area contributed by atoms with E-state index < -0.39 is 0 Å². The molecule has 0 aromatic rings. The fourth-order valence-corrected chi connectivity index (χ4v) is 4.09. The van der Waals surface area contributed by atoms with Crippen LogP contribution in [0.2, 0.25) is 0 Å². The summed E-state index contributed by atoms with van der Waals surface area (Å²) < 4.78 is 0. The lowest BCUT2D eigenvalue weighted by Gasteiger charge is -2.41. The summed E-state index contributed by atoms with van der Waals surface area (Å²) in [6.07, 6.45) is 8.53. The van der Waals surface area contributed by atoms with Gasteiger partial charge in [-0.2, -0.15) is 0 Å². The average molecular weight is 346 g/mol. The second kappa shape index (κ2) is 10.5. The number of rotatable bonds is 6. The van der Waals surface area contributed by atoms with E-state index in [9.17, 15) is 4.79 Å². The third kappa shape index (κ3) is 5.61. The molecule has 4 nitrogen and oxygen atoms in total. The fraction of sp³-hybridized carbons (Fsp3) is 0.944. The van der Waals surface area contributed by atoms with Gasteiger partial charge in [0.2, 0.25) is 5.91 Å². The molecule has 1 N–H and O–H groups in total. The first-order valence-corrected chi connectivity index (χ1v) is 9.36. The maximum atomic E-state index is 12.9. The highest BCUT2D eigenvalue weighted by atomic mass is 35.5. The van der Waals surface area contributed by atoms with Crippen LogP contribution in [0.3, 0.4) is 0 Å². The molecule has 0 spiro atoms. The Bertz CT molecular complexity index is 345. The Kier molecular flexibility index (Phi) is 9.48. The lowest BCUT2D eigenvalue weighted by Crippen LogP contribution is -2.53. The molecule has 1 amide bonds. The van der Waals surface area contributed by atoms with E-state index in [1.54, 1.807) is 0 Å². The topological polar surface area (TPSA) is 35.6 Å². The fourth-order valence-electron chi connectivity index (χ4n) is 4.09. The number of hydrogen-bond donors (Lipinski definition) is 1. The molecule has 0 bridgehead atoms. The van der Waals surface area contributed by atoms with Gasteiger partial charge in [0.25, 0.3) is 0 Å². The zero-order valence-corrected chi connectivity index (χ0v) is 16.0. The van der Waals surface area contributed by atoms with Crippen LogP contribution in [0.15, 0.2) is 0 Å². The summed E-state index contributed by atoms with van der Waals surface area (Å²) in [5.74, 6) is 1.21. The van der Waals surface area contributed by atoms with E-state index in [2.05, 4.69) is 29.0 Å². The van der Waals surface area contributed by atoms with Crippen molar-refractivity contribution in [1.29, 1.82) is 0 Å². The molecule has 0 aliphatic carbocycles. The molecule has 2 aliphatic rings. The molecule has 0 saturated carbocycles. The summed E-state index contributed by atoms with van der Waals surface area (Å²) in [5.41, 5.74) is 0. The van der Waals surface area contributed by atoms with Crippen molar-refractivity contribution in [3.8, 4) is 0 Å². The zero-order chi connectivity index (χ0) is 15.9. The molecule has 0 radical (unpaired) electrons. The quantitative estimate of drug-likeness (QED) is 0.804. The molecule has 2 unspecified atom stereocenters. The van der Waals surface area contributed by atoms with Gasteiger partial charge in [-0.05, 0) is 84.5 Å². The van der Waals surface area contributed by atoms with Crippen molar-refractivity contribution in [1.82, 2.24) is 15.1 Å². The molecule has 23 heavy (non-hydrogen) atoms. The van der Waals surface area contributed by atoms with Crippen LogP contribution in [0.4, 0.5) is 0 Å². The monoisotopic (exact) mass is 345 g/mol. The SMILES string of the molecule is CCC1CCCCN1C(=O)C(C)N1CCC(CCNC)CC1.Cl. The summed E-state index contributed by atoms with van der Waals surface area (Å²) in [6.45, 7) is 8.61. The molecule has 0 aromatic heterocycles. The Balaban J connectivity index is 0.00000264. The van der Waals surface area contributed by atoms with Crippen LogP contribution in [-0.4, -0.2) is 61.0 Å². The first-order chi connectivity index (χ1) is 10.7. The van der Waals surface area contributed by atoms with E-state index in [0.29, 0.717) is 11.9 Å². The van der Waals surface area contributed by atoms with Gasteiger partial charge in [0.15, 0.2) is 0 Å². The van der Waals surface area contributed by atoms with E-state index in [1.165, 1.54) is 38.5 Å². The Morgan fingerprint density at radius 1 is 1.17 bits per heavy atom. The maximum absolute atomic E-state index is 12.9. The number of likely N-dealkylation sites (tertiary alicyclic amines) is 2. The van der Waals surface area contributed by atoms with E-state index in [1.807, 2.05) is 7.05 Å². The van der Waals surface area contributed by atoms with Gasteiger partial charge in [0.05, 0.1) is 6.04 Å². The van der Waals surface area contributed by atoms with Gasteiger partial charge in [-0.15, -0.1) is 12.4 Å². The predicted octanol–water partition coefficient (Wildman–Crippen LogP) is 2.91. The maximum Gasteiger partial charge on any atom is 0.239 e. The van der Waals surface area contributed by atoms with Crippen molar-refractivity contribution >= 4 is 18.3 Å². The van der Waals surface area contributed by atoms with Crippen LogP contribution in [-0.2, 0) is 4.79 Å². The number of amides is 1. The second-order valence-corrected chi connectivity index (χ2v) is 7.14. The van der Waals surface area contributed by atoms with Crippen molar-refractivity contribution in [2.24, 2.45) is 5.92 Å². The molecular weight excluding hydrogens is 310 g/mol. The lowest BCUT2D eigenvalue weighted by atomic mass is 9.92.